The average molecular weight is 284 g/mol. The second kappa shape index (κ2) is 11.1. The van der Waals surface area contributed by atoms with Crippen LogP contribution < -0.4 is 5.32 Å². The SMILES string of the molecule is CCOC(=O)CCCCCN1CCCCC1CCNC. The number of hydrogen-bond acceptors (Lipinski definition) is 4. The minimum atomic E-state index is -0.0441. The highest BCUT2D eigenvalue weighted by atomic mass is 16.5. The molecule has 1 heterocycles. The first-order chi connectivity index (χ1) is 9.77. The molecule has 1 unspecified atom stereocenters. The van der Waals surface area contributed by atoms with E-state index in [4.69, 9.17) is 4.74 Å². The lowest BCUT2D eigenvalue weighted by molar-refractivity contribution is -0.143. The standard InChI is InChI=1S/C16H32N2O2/c1-3-20-16(19)10-5-4-7-13-18-14-8-6-9-15(18)11-12-17-2/h15,17H,3-14H2,1-2H3. The largest absolute Gasteiger partial charge is 0.466 e. The highest BCUT2D eigenvalue weighted by Gasteiger charge is 2.20. The molecule has 0 aliphatic carbocycles. The Bertz CT molecular complexity index is 259. The van der Waals surface area contributed by atoms with Crippen LogP contribution in [0.3, 0.4) is 0 Å². The maximum Gasteiger partial charge on any atom is 0.305 e. The third-order valence-electron chi connectivity index (χ3n) is 4.11. The van der Waals surface area contributed by atoms with Crippen LogP contribution in [0.5, 0.6) is 0 Å². The summed E-state index contributed by atoms with van der Waals surface area (Å²) in [5.41, 5.74) is 0. The van der Waals surface area contributed by atoms with Crippen molar-refractivity contribution in [1.82, 2.24) is 10.2 Å². The van der Waals surface area contributed by atoms with E-state index in [1.165, 1.54) is 45.2 Å². The quantitative estimate of drug-likeness (QED) is 0.494. The Morgan fingerprint density at radius 1 is 1.30 bits per heavy atom. The van der Waals surface area contributed by atoms with Crippen molar-refractivity contribution >= 4 is 5.97 Å². The van der Waals surface area contributed by atoms with Gasteiger partial charge in [0.2, 0.25) is 0 Å². The predicted molar refractivity (Wildman–Crippen MR) is 82.9 cm³/mol. The summed E-state index contributed by atoms with van der Waals surface area (Å²) in [5, 5.41) is 3.26. The third kappa shape index (κ3) is 7.25. The van der Waals surface area contributed by atoms with Gasteiger partial charge in [-0.05, 0) is 65.7 Å². The van der Waals surface area contributed by atoms with Crippen LogP contribution in [0.1, 0.15) is 58.3 Å². The number of rotatable bonds is 10. The summed E-state index contributed by atoms with van der Waals surface area (Å²) in [4.78, 5) is 13.9. The summed E-state index contributed by atoms with van der Waals surface area (Å²) in [5.74, 6) is -0.0441. The molecule has 20 heavy (non-hydrogen) atoms. The number of ether oxygens (including phenoxy) is 1. The lowest BCUT2D eigenvalue weighted by Gasteiger charge is -2.35. The zero-order valence-corrected chi connectivity index (χ0v) is 13.3. The fraction of sp³-hybridized carbons (Fsp3) is 0.938. The third-order valence-corrected chi connectivity index (χ3v) is 4.11. The Kier molecular flexibility index (Phi) is 9.67. The maximum atomic E-state index is 11.2. The average Bonchev–Trinajstić information content (AvgIpc) is 2.46. The first kappa shape index (κ1) is 17.4. The van der Waals surface area contributed by atoms with Crippen molar-refractivity contribution in [3.8, 4) is 0 Å². The zero-order valence-electron chi connectivity index (χ0n) is 13.3. The lowest BCUT2D eigenvalue weighted by atomic mass is 9.98. The Morgan fingerprint density at radius 3 is 2.90 bits per heavy atom. The Balaban J connectivity index is 2.10. The molecular weight excluding hydrogens is 252 g/mol. The van der Waals surface area contributed by atoms with Gasteiger partial charge in [0.05, 0.1) is 6.61 Å². The molecule has 0 amide bonds. The zero-order chi connectivity index (χ0) is 14.6. The van der Waals surface area contributed by atoms with Gasteiger partial charge in [0.1, 0.15) is 0 Å². The van der Waals surface area contributed by atoms with Crippen molar-refractivity contribution in [2.45, 2.75) is 64.3 Å². The summed E-state index contributed by atoms with van der Waals surface area (Å²) in [6.45, 7) is 5.92. The molecule has 1 fully saturated rings. The fourth-order valence-corrected chi connectivity index (χ4v) is 2.99. The Labute approximate surface area is 124 Å². The van der Waals surface area contributed by atoms with Gasteiger partial charge in [-0.25, -0.2) is 0 Å². The van der Waals surface area contributed by atoms with E-state index in [0.717, 1.165) is 25.4 Å². The molecule has 0 aromatic rings. The summed E-state index contributed by atoms with van der Waals surface area (Å²) in [7, 11) is 2.03. The number of nitrogens with one attached hydrogen (secondary N) is 1. The van der Waals surface area contributed by atoms with E-state index in [2.05, 4.69) is 10.2 Å². The molecule has 4 heteroatoms. The van der Waals surface area contributed by atoms with Crippen molar-refractivity contribution in [3.05, 3.63) is 0 Å². The van der Waals surface area contributed by atoms with E-state index in [0.29, 0.717) is 13.0 Å². The van der Waals surface area contributed by atoms with Gasteiger partial charge in [-0.1, -0.05) is 12.8 Å². The molecule has 0 saturated carbocycles. The first-order valence-electron chi connectivity index (χ1n) is 8.32. The summed E-state index contributed by atoms with van der Waals surface area (Å²) < 4.78 is 4.94. The molecule has 0 spiro atoms. The summed E-state index contributed by atoms with van der Waals surface area (Å²) >= 11 is 0. The topological polar surface area (TPSA) is 41.6 Å². The van der Waals surface area contributed by atoms with Gasteiger partial charge in [0.15, 0.2) is 0 Å². The number of carbonyl (C=O) groups is 1. The van der Waals surface area contributed by atoms with E-state index in [1.54, 1.807) is 0 Å². The van der Waals surface area contributed by atoms with Crippen LogP contribution in [0.4, 0.5) is 0 Å². The molecule has 1 aliphatic heterocycles. The normalized spacial score (nSPS) is 20.0. The van der Waals surface area contributed by atoms with Crippen molar-refractivity contribution < 1.29 is 9.53 Å². The van der Waals surface area contributed by atoms with E-state index in [1.807, 2.05) is 14.0 Å². The summed E-state index contributed by atoms with van der Waals surface area (Å²) in [6.07, 6.45) is 9.23. The molecule has 1 N–H and O–H groups in total. The smallest absolute Gasteiger partial charge is 0.305 e. The molecule has 4 nitrogen and oxygen atoms in total. The van der Waals surface area contributed by atoms with Crippen LogP contribution in [0.25, 0.3) is 0 Å². The van der Waals surface area contributed by atoms with Crippen molar-refractivity contribution in [3.63, 3.8) is 0 Å². The number of carbonyl (C=O) groups excluding carboxylic acids is 1. The maximum absolute atomic E-state index is 11.2. The number of esters is 1. The Morgan fingerprint density at radius 2 is 2.15 bits per heavy atom. The number of unbranched alkanes of at least 4 members (excludes halogenated alkanes) is 2. The second-order valence-corrected chi connectivity index (χ2v) is 5.69. The number of likely N-dealkylation sites (tertiary alicyclic amines) is 1. The van der Waals surface area contributed by atoms with Crippen molar-refractivity contribution in [2.75, 3.05) is 33.3 Å². The monoisotopic (exact) mass is 284 g/mol. The fourth-order valence-electron chi connectivity index (χ4n) is 2.99. The number of hydrogen-bond donors (Lipinski definition) is 1. The van der Waals surface area contributed by atoms with E-state index in [-0.39, 0.29) is 5.97 Å². The van der Waals surface area contributed by atoms with Crippen LogP contribution in [-0.4, -0.2) is 50.2 Å². The molecule has 0 aromatic carbocycles. The molecule has 118 valence electrons. The van der Waals surface area contributed by atoms with Crippen LogP contribution in [-0.2, 0) is 9.53 Å². The van der Waals surface area contributed by atoms with Gasteiger partial charge in [-0.2, -0.15) is 0 Å². The molecule has 0 bridgehead atoms. The molecule has 1 aliphatic rings. The van der Waals surface area contributed by atoms with E-state index >= 15 is 0 Å². The van der Waals surface area contributed by atoms with Gasteiger partial charge in [-0.3, -0.25) is 4.79 Å². The minimum absolute atomic E-state index is 0.0441. The molecule has 0 radical (unpaired) electrons. The highest BCUT2D eigenvalue weighted by molar-refractivity contribution is 5.69. The van der Waals surface area contributed by atoms with Crippen LogP contribution in [0, 0.1) is 0 Å². The van der Waals surface area contributed by atoms with Gasteiger partial charge < -0.3 is 15.0 Å². The van der Waals surface area contributed by atoms with Crippen molar-refractivity contribution in [2.24, 2.45) is 0 Å². The molecular formula is C16H32N2O2. The number of nitrogens with zero attached hydrogens (tertiary/aromatic N) is 1. The molecule has 1 rings (SSSR count). The van der Waals surface area contributed by atoms with Gasteiger partial charge in [0.25, 0.3) is 0 Å². The van der Waals surface area contributed by atoms with Gasteiger partial charge in [0, 0.05) is 12.5 Å². The van der Waals surface area contributed by atoms with Gasteiger partial charge >= 0.3 is 5.97 Å². The van der Waals surface area contributed by atoms with Crippen LogP contribution in [0.2, 0.25) is 0 Å². The second-order valence-electron chi connectivity index (χ2n) is 5.69. The van der Waals surface area contributed by atoms with E-state index in [9.17, 15) is 4.79 Å². The molecule has 1 atom stereocenters. The van der Waals surface area contributed by atoms with Crippen LogP contribution >= 0.6 is 0 Å². The first-order valence-corrected chi connectivity index (χ1v) is 8.32. The molecule has 1 saturated heterocycles. The van der Waals surface area contributed by atoms with Gasteiger partial charge in [-0.15, -0.1) is 0 Å². The van der Waals surface area contributed by atoms with Crippen LogP contribution in [0.15, 0.2) is 0 Å². The molecule has 0 aromatic heterocycles. The predicted octanol–water partition coefficient (Wildman–Crippen LogP) is 2.57. The summed E-state index contributed by atoms with van der Waals surface area (Å²) in [6, 6.07) is 0.765. The highest BCUT2D eigenvalue weighted by Crippen LogP contribution is 2.20. The van der Waals surface area contributed by atoms with E-state index < -0.39 is 0 Å². The minimum Gasteiger partial charge on any atom is -0.466 e. The number of piperidine rings is 1. The lowest BCUT2D eigenvalue weighted by Crippen LogP contribution is -2.41. The van der Waals surface area contributed by atoms with Crippen molar-refractivity contribution in [1.29, 1.82) is 0 Å². The Hall–Kier alpha value is -0.610.